The molecular weight excluding hydrogens is 398 g/mol. The molecule has 1 aromatic carbocycles. The molecule has 0 saturated heterocycles. The number of rotatable bonds is 8. The summed E-state index contributed by atoms with van der Waals surface area (Å²) in [6.07, 6.45) is 2.51. The molecule has 0 bridgehead atoms. The zero-order valence-corrected chi connectivity index (χ0v) is 17.3. The van der Waals surface area contributed by atoms with Crippen LogP contribution in [-0.4, -0.2) is 32.7 Å². The number of thiophene rings is 1. The molecule has 0 aliphatic heterocycles. The van der Waals surface area contributed by atoms with E-state index in [1.165, 1.54) is 11.3 Å². The van der Waals surface area contributed by atoms with Gasteiger partial charge in [0, 0.05) is 11.3 Å². The van der Waals surface area contributed by atoms with E-state index in [9.17, 15) is 18.0 Å². The number of hydrogen-bond acceptors (Lipinski definition) is 6. The Labute approximate surface area is 168 Å². The minimum atomic E-state index is -3.40. The number of fused-ring (bicyclic) bond motifs is 1. The van der Waals surface area contributed by atoms with E-state index >= 15 is 0 Å². The van der Waals surface area contributed by atoms with Crippen LogP contribution in [0.1, 0.15) is 46.1 Å². The summed E-state index contributed by atoms with van der Waals surface area (Å²) in [5, 5.41) is 3.20. The first-order valence-electron chi connectivity index (χ1n) is 9.25. The standard InChI is InChI=1S/C20H23NO5S2/c1-2-26-20(23)18-15-9-6-10-16(15)27-19(18)21-17(22)11-12-28(24,25)13-14-7-4-3-5-8-14/h3-5,7-8H,2,6,9-13H2,1H3,(H,21,22). The number of nitrogens with one attached hydrogen (secondary N) is 1. The first-order valence-corrected chi connectivity index (χ1v) is 11.9. The van der Waals surface area contributed by atoms with E-state index < -0.39 is 21.7 Å². The van der Waals surface area contributed by atoms with Gasteiger partial charge in [0.25, 0.3) is 0 Å². The molecule has 2 aromatic rings. The van der Waals surface area contributed by atoms with Crippen LogP contribution in [0.5, 0.6) is 0 Å². The molecule has 3 rings (SSSR count). The van der Waals surface area contributed by atoms with Crippen LogP contribution in [0.2, 0.25) is 0 Å². The monoisotopic (exact) mass is 421 g/mol. The van der Waals surface area contributed by atoms with Gasteiger partial charge in [0.1, 0.15) is 5.00 Å². The predicted octanol–water partition coefficient (Wildman–Crippen LogP) is 3.36. The van der Waals surface area contributed by atoms with Gasteiger partial charge in [-0.1, -0.05) is 30.3 Å². The third kappa shape index (κ3) is 4.99. The summed E-state index contributed by atoms with van der Waals surface area (Å²) in [5.74, 6) is -1.19. The number of amides is 1. The summed E-state index contributed by atoms with van der Waals surface area (Å²) in [7, 11) is -3.40. The van der Waals surface area contributed by atoms with E-state index in [0.29, 0.717) is 16.1 Å². The molecule has 0 unspecified atom stereocenters. The minimum absolute atomic E-state index is 0.0947. The maximum atomic E-state index is 12.4. The smallest absolute Gasteiger partial charge is 0.341 e. The van der Waals surface area contributed by atoms with E-state index in [4.69, 9.17) is 4.74 Å². The second kappa shape index (κ2) is 8.87. The van der Waals surface area contributed by atoms with Crippen molar-refractivity contribution in [1.82, 2.24) is 0 Å². The van der Waals surface area contributed by atoms with Crippen LogP contribution in [0.4, 0.5) is 5.00 Å². The molecule has 0 atom stereocenters. The average Bonchev–Trinajstić information content (AvgIpc) is 3.21. The predicted molar refractivity (Wildman–Crippen MR) is 109 cm³/mol. The molecule has 1 aromatic heterocycles. The highest BCUT2D eigenvalue weighted by Crippen LogP contribution is 2.39. The number of sulfone groups is 1. The fraction of sp³-hybridized carbons (Fsp3) is 0.400. The van der Waals surface area contributed by atoms with Crippen molar-refractivity contribution in [3.63, 3.8) is 0 Å². The van der Waals surface area contributed by atoms with Gasteiger partial charge in [-0.15, -0.1) is 11.3 Å². The third-order valence-electron chi connectivity index (χ3n) is 4.52. The average molecular weight is 422 g/mol. The lowest BCUT2D eigenvalue weighted by Gasteiger charge is -2.08. The lowest BCUT2D eigenvalue weighted by molar-refractivity contribution is -0.115. The second-order valence-corrected chi connectivity index (χ2v) is 9.95. The van der Waals surface area contributed by atoms with Gasteiger partial charge in [-0.3, -0.25) is 4.79 Å². The lowest BCUT2D eigenvalue weighted by Crippen LogP contribution is -2.19. The Hall–Kier alpha value is -2.19. The molecule has 0 fully saturated rings. The highest BCUT2D eigenvalue weighted by Gasteiger charge is 2.28. The Balaban J connectivity index is 1.64. The van der Waals surface area contributed by atoms with Crippen LogP contribution in [0.25, 0.3) is 0 Å². The zero-order chi connectivity index (χ0) is 20.1. The number of carbonyl (C=O) groups excluding carboxylic acids is 2. The fourth-order valence-electron chi connectivity index (χ4n) is 3.25. The molecule has 1 N–H and O–H groups in total. The van der Waals surface area contributed by atoms with Gasteiger partial charge in [0.05, 0.1) is 23.7 Å². The van der Waals surface area contributed by atoms with Crippen LogP contribution in [0, 0.1) is 0 Å². The van der Waals surface area contributed by atoms with Crippen molar-refractivity contribution in [1.29, 1.82) is 0 Å². The van der Waals surface area contributed by atoms with E-state index in [2.05, 4.69) is 5.32 Å². The molecule has 28 heavy (non-hydrogen) atoms. The molecular formula is C20H23NO5S2. The van der Waals surface area contributed by atoms with E-state index in [0.717, 1.165) is 29.7 Å². The largest absolute Gasteiger partial charge is 0.462 e. The molecule has 1 aliphatic rings. The van der Waals surface area contributed by atoms with E-state index in [1.54, 1.807) is 31.2 Å². The van der Waals surface area contributed by atoms with Crippen molar-refractivity contribution in [3.8, 4) is 0 Å². The highest BCUT2D eigenvalue weighted by molar-refractivity contribution is 7.90. The van der Waals surface area contributed by atoms with Gasteiger partial charge < -0.3 is 10.1 Å². The minimum Gasteiger partial charge on any atom is -0.462 e. The summed E-state index contributed by atoms with van der Waals surface area (Å²) in [6, 6.07) is 8.88. The van der Waals surface area contributed by atoms with Crippen molar-refractivity contribution >= 4 is 38.1 Å². The second-order valence-electron chi connectivity index (χ2n) is 6.66. The number of ether oxygens (including phenoxy) is 1. The third-order valence-corrected chi connectivity index (χ3v) is 7.33. The van der Waals surface area contributed by atoms with Crippen molar-refractivity contribution < 1.29 is 22.7 Å². The number of benzene rings is 1. The molecule has 0 radical (unpaired) electrons. The number of aryl methyl sites for hydroxylation is 1. The first kappa shape index (κ1) is 20.5. The van der Waals surface area contributed by atoms with Crippen molar-refractivity contribution in [3.05, 3.63) is 51.9 Å². The molecule has 1 amide bonds. The van der Waals surface area contributed by atoms with Gasteiger partial charge >= 0.3 is 5.97 Å². The van der Waals surface area contributed by atoms with Crippen LogP contribution < -0.4 is 5.32 Å². The Kier molecular flexibility index (Phi) is 6.51. The summed E-state index contributed by atoms with van der Waals surface area (Å²) >= 11 is 1.38. The van der Waals surface area contributed by atoms with Gasteiger partial charge in [0.2, 0.25) is 5.91 Å². The zero-order valence-electron chi connectivity index (χ0n) is 15.7. The number of anilines is 1. The summed E-state index contributed by atoms with van der Waals surface area (Å²) < 4.78 is 29.7. The maximum Gasteiger partial charge on any atom is 0.341 e. The fourth-order valence-corrected chi connectivity index (χ4v) is 5.88. The Morgan fingerprint density at radius 3 is 2.64 bits per heavy atom. The van der Waals surface area contributed by atoms with Gasteiger partial charge in [-0.25, -0.2) is 13.2 Å². The summed E-state index contributed by atoms with van der Waals surface area (Å²) in [4.78, 5) is 25.8. The molecule has 1 heterocycles. The van der Waals surface area contributed by atoms with Crippen LogP contribution in [0.3, 0.4) is 0 Å². The highest BCUT2D eigenvalue weighted by atomic mass is 32.2. The van der Waals surface area contributed by atoms with E-state index in [1.807, 2.05) is 6.07 Å². The Morgan fingerprint density at radius 1 is 1.18 bits per heavy atom. The molecule has 1 aliphatic carbocycles. The molecule has 0 spiro atoms. The van der Waals surface area contributed by atoms with Gasteiger partial charge in [-0.05, 0) is 37.3 Å². The van der Waals surface area contributed by atoms with Crippen LogP contribution in [-0.2, 0) is 38.0 Å². The molecule has 150 valence electrons. The molecule has 8 heteroatoms. The van der Waals surface area contributed by atoms with Crippen molar-refractivity contribution in [2.24, 2.45) is 0 Å². The number of carbonyl (C=O) groups is 2. The van der Waals surface area contributed by atoms with Crippen molar-refractivity contribution in [2.45, 2.75) is 38.4 Å². The SMILES string of the molecule is CCOC(=O)c1c(NC(=O)CCS(=O)(=O)Cc2ccccc2)sc2c1CCC2. The van der Waals surface area contributed by atoms with Crippen LogP contribution >= 0.6 is 11.3 Å². The quantitative estimate of drug-likeness (QED) is 0.660. The maximum absolute atomic E-state index is 12.4. The first-order chi connectivity index (χ1) is 13.4. The van der Waals surface area contributed by atoms with Crippen molar-refractivity contribution in [2.75, 3.05) is 17.7 Å². The normalized spacial score (nSPS) is 13.2. The number of esters is 1. The van der Waals surface area contributed by atoms with Gasteiger partial charge in [-0.2, -0.15) is 0 Å². The summed E-state index contributed by atoms with van der Waals surface area (Å²) in [5.41, 5.74) is 2.08. The lowest BCUT2D eigenvalue weighted by atomic mass is 10.1. The molecule has 6 nitrogen and oxygen atoms in total. The Bertz CT molecular complexity index is 964. The molecule has 0 saturated carbocycles. The Morgan fingerprint density at radius 2 is 1.93 bits per heavy atom. The topological polar surface area (TPSA) is 89.5 Å². The van der Waals surface area contributed by atoms with Gasteiger partial charge in [0.15, 0.2) is 9.84 Å². The summed E-state index contributed by atoms with van der Waals surface area (Å²) in [6.45, 7) is 1.99. The van der Waals surface area contributed by atoms with E-state index in [-0.39, 0.29) is 24.5 Å². The van der Waals surface area contributed by atoms with Crippen LogP contribution in [0.15, 0.2) is 30.3 Å². The number of hydrogen-bond donors (Lipinski definition) is 1.